The van der Waals surface area contributed by atoms with Crippen molar-refractivity contribution in [3.05, 3.63) is 9.54 Å². The summed E-state index contributed by atoms with van der Waals surface area (Å²) in [5, 5.41) is 0.654. The number of nitrogens with zero attached hydrogens (tertiary/aromatic N) is 1. The van der Waals surface area contributed by atoms with Crippen LogP contribution < -0.4 is 0 Å². The highest BCUT2D eigenvalue weighted by Gasteiger charge is 1.93. The SMILES string of the molecule is C.C#CCSc1nc(=S)[nH]c(=S)[nH]1. The van der Waals surface area contributed by atoms with Gasteiger partial charge in [-0.3, -0.25) is 0 Å². The number of aromatic amines is 2. The van der Waals surface area contributed by atoms with E-state index in [0.717, 1.165) is 0 Å². The van der Waals surface area contributed by atoms with Gasteiger partial charge in [0.05, 0.1) is 5.75 Å². The second-order valence-corrected chi connectivity index (χ2v) is 3.55. The molecule has 0 aliphatic carbocycles. The van der Waals surface area contributed by atoms with E-state index in [4.69, 9.17) is 30.9 Å². The summed E-state index contributed by atoms with van der Waals surface area (Å²) in [5.74, 6) is 3.03. The molecule has 2 N–H and O–H groups in total. The number of rotatable bonds is 2. The maximum atomic E-state index is 5.08. The van der Waals surface area contributed by atoms with Crippen molar-refractivity contribution in [2.75, 3.05) is 5.75 Å². The summed E-state index contributed by atoms with van der Waals surface area (Å²) in [5.41, 5.74) is 0. The van der Waals surface area contributed by atoms with Crippen LogP contribution in [-0.2, 0) is 0 Å². The summed E-state index contributed by atoms with van der Waals surface area (Å²) in [4.78, 5) is 9.49. The molecule has 1 aromatic rings. The van der Waals surface area contributed by atoms with Gasteiger partial charge in [0.2, 0.25) is 4.77 Å². The fraction of sp³-hybridized carbons (Fsp3) is 0.286. The molecule has 6 heteroatoms. The number of aromatic nitrogens is 3. The lowest BCUT2D eigenvalue weighted by Gasteiger charge is -1.95. The summed E-state index contributed by atoms with van der Waals surface area (Å²) in [6.45, 7) is 0. The maximum absolute atomic E-state index is 5.08. The minimum atomic E-state index is 0. The van der Waals surface area contributed by atoms with Crippen LogP contribution in [0.2, 0.25) is 0 Å². The topological polar surface area (TPSA) is 44.5 Å². The molecule has 0 radical (unpaired) electrons. The predicted molar refractivity (Wildman–Crippen MR) is 60.9 cm³/mol. The van der Waals surface area contributed by atoms with Crippen molar-refractivity contribution >= 4 is 36.2 Å². The first kappa shape index (κ1) is 12.4. The lowest BCUT2D eigenvalue weighted by Crippen LogP contribution is -1.91. The molecule has 70 valence electrons. The summed E-state index contributed by atoms with van der Waals surface area (Å²) in [7, 11) is 0. The number of thioether (sulfide) groups is 1. The Morgan fingerprint density at radius 3 is 2.69 bits per heavy atom. The molecular formula is C7H9N3S3. The van der Waals surface area contributed by atoms with Crippen molar-refractivity contribution in [2.24, 2.45) is 0 Å². The zero-order valence-electron chi connectivity index (χ0n) is 5.96. The molecule has 13 heavy (non-hydrogen) atoms. The molecule has 0 spiro atoms. The zero-order chi connectivity index (χ0) is 8.97. The molecule has 3 nitrogen and oxygen atoms in total. The molecule has 0 aliphatic heterocycles. The van der Waals surface area contributed by atoms with E-state index in [2.05, 4.69) is 20.9 Å². The Morgan fingerprint density at radius 2 is 2.15 bits per heavy atom. The first-order valence-corrected chi connectivity index (χ1v) is 4.79. The minimum Gasteiger partial charge on any atom is -0.311 e. The number of hydrogen-bond acceptors (Lipinski definition) is 4. The van der Waals surface area contributed by atoms with Crippen LogP contribution in [0, 0.1) is 21.9 Å². The largest absolute Gasteiger partial charge is 0.311 e. The Labute approximate surface area is 91.4 Å². The van der Waals surface area contributed by atoms with Gasteiger partial charge in [-0.05, 0) is 24.4 Å². The lowest BCUT2D eigenvalue weighted by atomic mass is 10.8. The summed E-state index contributed by atoms with van der Waals surface area (Å²) < 4.78 is 0.841. The van der Waals surface area contributed by atoms with Crippen LogP contribution in [0.4, 0.5) is 0 Å². The van der Waals surface area contributed by atoms with Gasteiger partial charge in [-0.25, -0.2) is 0 Å². The number of terminal acetylenes is 1. The van der Waals surface area contributed by atoms with E-state index in [-0.39, 0.29) is 7.43 Å². The molecule has 0 saturated heterocycles. The first-order valence-electron chi connectivity index (χ1n) is 2.99. The second kappa shape index (κ2) is 5.91. The third-order valence-electron chi connectivity index (χ3n) is 0.936. The molecule has 1 rings (SSSR count). The monoisotopic (exact) mass is 231 g/mol. The van der Waals surface area contributed by atoms with E-state index in [1.54, 1.807) is 0 Å². The third-order valence-corrected chi connectivity index (χ3v) is 2.11. The van der Waals surface area contributed by atoms with Gasteiger partial charge < -0.3 is 9.97 Å². The van der Waals surface area contributed by atoms with E-state index >= 15 is 0 Å². The fourth-order valence-corrected chi connectivity index (χ4v) is 1.68. The van der Waals surface area contributed by atoms with Crippen LogP contribution in [-0.4, -0.2) is 20.7 Å². The Bertz CT molecular complexity index is 384. The molecule has 0 unspecified atom stereocenters. The quantitative estimate of drug-likeness (QED) is 0.466. The molecule has 0 bridgehead atoms. The Kier molecular flexibility index (Phi) is 5.62. The molecule has 1 heterocycles. The van der Waals surface area contributed by atoms with Crippen LogP contribution in [0.1, 0.15) is 7.43 Å². The van der Waals surface area contributed by atoms with Crippen molar-refractivity contribution in [3.63, 3.8) is 0 Å². The average Bonchev–Trinajstić information content (AvgIpc) is 1.99. The third kappa shape index (κ3) is 4.22. The Hall–Kier alpha value is -0.640. The predicted octanol–water partition coefficient (Wildman–Crippen LogP) is 2.56. The van der Waals surface area contributed by atoms with Crippen molar-refractivity contribution in [1.29, 1.82) is 0 Å². The highest BCUT2D eigenvalue weighted by atomic mass is 32.2. The van der Waals surface area contributed by atoms with E-state index in [1.807, 2.05) is 0 Å². The zero-order valence-corrected chi connectivity index (χ0v) is 8.41. The van der Waals surface area contributed by atoms with E-state index in [0.29, 0.717) is 20.5 Å². The van der Waals surface area contributed by atoms with Crippen molar-refractivity contribution in [1.82, 2.24) is 15.0 Å². The Morgan fingerprint density at radius 1 is 1.46 bits per heavy atom. The minimum absolute atomic E-state index is 0. The molecule has 0 saturated carbocycles. The second-order valence-electron chi connectivity index (χ2n) is 1.79. The summed E-state index contributed by atoms with van der Waals surface area (Å²) >= 11 is 11.1. The average molecular weight is 231 g/mol. The van der Waals surface area contributed by atoms with Gasteiger partial charge in [0.25, 0.3) is 0 Å². The van der Waals surface area contributed by atoms with Gasteiger partial charge in [0.1, 0.15) is 0 Å². The van der Waals surface area contributed by atoms with Crippen LogP contribution in [0.25, 0.3) is 0 Å². The van der Waals surface area contributed by atoms with E-state index in [1.165, 1.54) is 11.8 Å². The van der Waals surface area contributed by atoms with E-state index < -0.39 is 0 Å². The molecule has 1 aromatic heterocycles. The fourth-order valence-electron chi connectivity index (χ4n) is 0.552. The highest BCUT2D eigenvalue weighted by molar-refractivity contribution is 7.99. The van der Waals surface area contributed by atoms with Crippen LogP contribution in [0.5, 0.6) is 0 Å². The number of nitrogens with one attached hydrogen (secondary N) is 2. The molecule has 0 amide bonds. The van der Waals surface area contributed by atoms with Gasteiger partial charge in [0, 0.05) is 0 Å². The molecule has 0 atom stereocenters. The van der Waals surface area contributed by atoms with Gasteiger partial charge in [-0.15, -0.1) is 6.42 Å². The van der Waals surface area contributed by atoms with Crippen molar-refractivity contribution in [2.45, 2.75) is 12.6 Å². The van der Waals surface area contributed by atoms with Crippen molar-refractivity contribution < 1.29 is 0 Å². The lowest BCUT2D eigenvalue weighted by molar-refractivity contribution is 0.873. The molecular weight excluding hydrogens is 222 g/mol. The Balaban J connectivity index is 0.00000144. The normalized spacial score (nSPS) is 8.54. The first-order chi connectivity index (χ1) is 5.72. The van der Waals surface area contributed by atoms with Crippen LogP contribution in [0.3, 0.4) is 0 Å². The summed E-state index contributed by atoms with van der Waals surface area (Å²) in [6, 6.07) is 0. The summed E-state index contributed by atoms with van der Waals surface area (Å²) in [6.07, 6.45) is 5.08. The standard InChI is InChI=1S/C6H5N3S3.CH4/c1-2-3-12-6-8-4(10)7-5(11)9-6;/h1H,3H2,(H2,7,8,9,10,11);1H4. The van der Waals surface area contributed by atoms with Crippen molar-refractivity contribution in [3.8, 4) is 12.3 Å². The molecule has 0 aliphatic rings. The maximum Gasteiger partial charge on any atom is 0.201 e. The van der Waals surface area contributed by atoms with Crippen LogP contribution in [0.15, 0.2) is 5.16 Å². The number of H-pyrrole nitrogens is 2. The van der Waals surface area contributed by atoms with Gasteiger partial charge in [-0.1, -0.05) is 25.1 Å². The van der Waals surface area contributed by atoms with Gasteiger partial charge >= 0.3 is 0 Å². The van der Waals surface area contributed by atoms with Gasteiger partial charge in [0.15, 0.2) is 9.93 Å². The van der Waals surface area contributed by atoms with Crippen LogP contribution >= 0.6 is 36.2 Å². The molecule has 0 aromatic carbocycles. The van der Waals surface area contributed by atoms with Gasteiger partial charge in [-0.2, -0.15) is 4.98 Å². The van der Waals surface area contributed by atoms with E-state index in [9.17, 15) is 0 Å². The highest BCUT2D eigenvalue weighted by Crippen LogP contribution is 2.09. The number of hydrogen-bond donors (Lipinski definition) is 2. The smallest absolute Gasteiger partial charge is 0.201 e. The molecule has 0 fully saturated rings.